The molecule has 0 bridgehead atoms. The molecule has 12 rings (SSSR count). The van der Waals surface area contributed by atoms with Crippen molar-refractivity contribution in [3.63, 3.8) is 0 Å². The average Bonchev–Trinajstić information content (AvgIpc) is 3.92. The lowest BCUT2D eigenvalue weighted by Crippen LogP contribution is -2.11. The fraction of sp³-hybridized carbons (Fsp3) is 0.0896. The van der Waals surface area contributed by atoms with Crippen molar-refractivity contribution >= 4 is 49.3 Å². The highest BCUT2D eigenvalue weighted by Gasteiger charge is 2.38. The molecular weight excluding hydrogens is 961 g/mol. The molecule has 0 aliphatic carbocycles. The Balaban J connectivity index is 1.23. The highest BCUT2D eigenvalue weighted by molar-refractivity contribution is 6.14. The van der Waals surface area contributed by atoms with E-state index in [1.807, 2.05) is 207 Å². The molecule has 0 radical (unpaired) electrons. The molecule has 2 aromatic heterocycles. The van der Waals surface area contributed by atoms with Crippen LogP contribution >= 0.6 is 0 Å². The Morgan fingerprint density at radius 1 is 0.316 bits per heavy atom. The Morgan fingerprint density at radius 3 is 0.895 bits per heavy atom. The predicted molar refractivity (Wildman–Crippen MR) is 298 cm³/mol. The van der Waals surface area contributed by atoms with E-state index >= 15 is 26.3 Å². The summed E-state index contributed by atoms with van der Waals surface area (Å²) in [6, 6.07) is 61.5. The maximum atomic E-state index is 15.1. The van der Waals surface area contributed by atoms with Crippen LogP contribution in [0.2, 0.25) is 0 Å². The fourth-order valence-electron chi connectivity index (χ4n) is 10.6. The number of nitrogens with zero attached hydrogens (tertiary/aromatic N) is 3. The van der Waals surface area contributed by atoms with Gasteiger partial charge in [-0.25, -0.2) is 4.85 Å². The molecule has 0 atom stereocenters. The first-order valence-corrected chi connectivity index (χ1v) is 24.8. The van der Waals surface area contributed by atoms with Crippen molar-refractivity contribution in [2.45, 2.75) is 40.0 Å². The Hall–Kier alpha value is -9.13. The van der Waals surface area contributed by atoms with E-state index in [0.29, 0.717) is 22.1 Å². The van der Waals surface area contributed by atoms with Crippen molar-refractivity contribution < 1.29 is 26.3 Å². The summed E-state index contributed by atoms with van der Waals surface area (Å²) < 4.78 is 94.2. The third kappa shape index (κ3) is 8.46. The van der Waals surface area contributed by atoms with Crippen molar-refractivity contribution in [2.24, 2.45) is 0 Å². The number of fused-ring (bicyclic) bond motifs is 6. The van der Waals surface area contributed by atoms with Gasteiger partial charge >= 0.3 is 12.4 Å². The highest BCUT2D eigenvalue weighted by atomic mass is 19.4. The van der Waals surface area contributed by atoms with Crippen molar-refractivity contribution in [1.29, 1.82) is 0 Å². The second kappa shape index (κ2) is 18.1. The van der Waals surface area contributed by atoms with E-state index in [0.717, 1.165) is 100 Å². The van der Waals surface area contributed by atoms with E-state index in [4.69, 9.17) is 6.57 Å². The van der Waals surface area contributed by atoms with Gasteiger partial charge in [-0.1, -0.05) is 168 Å². The highest BCUT2D eigenvalue weighted by Crippen LogP contribution is 2.47. The maximum Gasteiger partial charge on any atom is 0.416 e. The lowest BCUT2D eigenvalue weighted by atomic mass is 9.96. The minimum Gasteiger partial charge on any atom is -0.319 e. The fourth-order valence-corrected chi connectivity index (χ4v) is 10.6. The largest absolute Gasteiger partial charge is 0.416 e. The molecule has 0 fully saturated rings. The second-order valence-corrected chi connectivity index (χ2v) is 19.8. The van der Waals surface area contributed by atoms with Gasteiger partial charge in [0.05, 0.1) is 45.5 Å². The van der Waals surface area contributed by atoms with Crippen LogP contribution in [-0.2, 0) is 12.4 Å². The molecule has 3 nitrogen and oxygen atoms in total. The third-order valence-corrected chi connectivity index (χ3v) is 14.7. The summed E-state index contributed by atoms with van der Waals surface area (Å²) in [5.74, 6) is 0. The lowest BCUT2D eigenvalue weighted by molar-refractivity contribution is -0.143. The van der Waals surface area contributed by atoms with Crippen molar-refractivity contribution in [3.8, 4) is 67.0 Å². The molecule has 370 valence electrons. The van der Waals surface area contributed by atoms with E-state index in [-0.39, 0.29) is 34.3 Å². The van der Waals surface area contributed by atoms with Gasteiger partial charge in [0.15, 0.2) is 0 Å². The van der Waals surface area contributed by atoms with Crippen molar-refractivity contribution in [3.05, 3.63) is 245 Å². The Bertz CT molecular complexity index is 4080. The van der Waals surface area contributed by atoms with Gasteiger partial charge in [-0.2, -0.15) is 26.3 Å². The molecule has 0 aliphatic rings. The van der Waals surface area contributed by atoms with Gasteiger partial charge < -0.3 is 9.13 Å². The van der Waals surface area contributed by atoms with Crippen LogP contribution in [0.3, 0.4) is 0 Å². The molecule has 10 aromatic carbocycles. The molecule has 0 spiro atoms. The first kappa shape index (κ1) is 47.8. The Morgan fingerprint density at radius 2 is 0.605 bits per heavy atom. The summed E-state index contributed by atoms with van der Waals surface area (Å²) in [6.45, 7) is 17.0. The SMILES string of the molecule is [C-]#[N+]c1cc(-n2c3cc(-c4ccc(C)cc4)ccc3c3ccc(-c4ccc(C)cc4)cc32)c(-c2cc(C(F)(F)F)cc(C(F)(F)F)c2)cc1-n1c2cc(-c3ccc(C)cc3)ccc2c2ccc(-c3ccc(C)cc3)cc21. The third-order valence-electron chi connectivity index (χ3n) is 14.7. The summed E-state index contributed by atoms with van der Waals surface area (Å²) in [4.78, 5) is 4.20. The van der Waals surface area contributed by atoms with E-state index in [1.165, 1.54) is 0 Å². The average molecular weight is 1010 g/mol. The molecule has 0 saturated heterocycles. The van der Waals surface area contributed by atoms with Crippen LogP contribution in [0.5, 0.6) is 0 Å². The van der Waals surface area contributed by atoms with Gasteiger partial charge in [0.25, 0.3) is 0 Å². The minimum atomic E-state index is -5.14. The summed E-state index contributed by atoms with van der Waals surface area (Å²) >= 11 is 0. The van der Waals surface area contributed by atoms with Crippen LogP contribution in [0.1, 0.15) is 33.4 Å². The molecule has 76 heavy (non-hydrogen) atoms. The standard InChI is InChI=1S/C67H45F6N3/c1-39-6-14-43(15-7-39)47-22-26-54-55-27-23-48(44-16-8-40(2)9-17-44)33-61(55)75(60(54)32-47)64-38-59(74-5)65(37-58(64)51-30-52(66(68,69)70)36-53(31-51)67(71,72)73)76-62-34-49(45-18-10-41(3)11-19-45)24-28-56(62)57-29-25-50(35-63(57)76)46-20-12-42(4)13-21-46/h6-38H,1-4H3. The topological polar surface area (TPSA) is 14.2 Å². The Kier molecular flexibility index (Phi) is 11.4. The summed E-state index contributed by atoms with van der Waals surface area (Å²) in [5.41, 5.74) is 11.6. The van der Waals surface area contributed by atoms with Gasteiger partial charge in [0, 0.05) is 32.8 Å². The summed E-state index contributed by atoms with van der Waals surface area (Å²) in [7, 11) is 0. The first-order chi connectivity index (χ1) is 36.5. The number of aromatic nitrogens is 2. The summed E-state index contributed by atoms with van der Waals surface area (Å²) in [6.07, 6.45) is -10.3. The van der Waals surface area contributed by atoms with Crippen LogP contribution in [-0.4, -0.2) is 9.13 Å². The molecular formula is C67H45F6N3. The molecule has 0 aliphatic heterocycles. The molecule has 0 amide bonds. The molecule has 0 unspecified atom stereocenters. The van der Waals surface area contributed by atoms with E-state index in [9.17, 15) is 0 Å². The summed E-state index contributed by atoms with van der Waals surface area (Å²) in [5, 5.41) is 3.29. The quantitative estimate of drug-likeness (QED) is 0.112. The minimum absolute atomic E-state index is 0.0543. The zero-order valence-electron chi connectivity index (χ0n) is 41.7. The molecule has 0 saturated carbocycles. The predicted octanol–water partition coefficient (Wildman–Crippen LogP) is 20.0. The zero-order valence-corrected chi connectivity index (χ0v) is 41.7. The number of hydrogen-bond donors (Lipinski definition) is 0. The molecule has 9 heteroatoms. The van der Waals surface area contributed by atoms with Crippen molar-refractivity contribution in [1.82, 2.24) is 9.13 Å². The maximum absolute atomic E-state index is 15.1. The van der Waals surface area contributed by atoms with Crippen LogP contribution in [0, 0.1) is 34.3 Å². The van der Waals surface area contributed by atoms with Gasteiger partial charge in [-0.3, -0.25) is 0 Å². The first-order valence-electron chi connectivity index (χ1n) is 24.8. The number of aryl methyl sites for hydroxylation is 4. The van der Waals surface area contributed by atoms with Crippen molar-refractivity contribution in [2.75, 3.05) is 0 Å². The van der Waals surface area contributed by atoms with E-state index < -0.39 is 23.5 Å². The van der Waals surface area contributed by atoms with Gasteiger partial charge in [-0.15, -0.1) is 0 Å². The molecule has 12 aromatic rings. The number of benzene rings is 10. The lowest BCUT2D eigenvalue weighted by Gasteiger charge is -2.21. The van der Waals surface area contributed by atoms with Gasteiger partial charge in [0.1, 0.15) is 0 Å². The Labute approximate surface area is 435 Å². The number of rotatable bonds is 7. The van der Waals surface area contributed by atoms with Crippen LogP contribution in [0.25, 0.3) is 115 Å². The van der Waals surface area contributed by atoms with E-state index in [2.05, 4.69) is 4.85 Å². The monoisotopic (exact) mass is 1010 g/mol. The van der Waals surface area contributed by atoms with Crippen LogP contribution in [0.4, 0.5) is 32.0 Å². The van der Waals surface area contributed by atoms with Gasteiger partial charge in [0.2, 0.25) is 5.69 Å². The number of alkyl halides is 6. The van der Waals surface area contributed by atoms with E-state index in [1.54, 1.807) is 12.1 Å². The van der Waals surface area contributed by atoms with Crippen LogP contribution in [0.15, 0.2) is 200 Å². The van der Waals surface area contributed by atoms with Crippen LogP contribution < -0.4 is 0 Å². The van der Waals surface area contributed by atoms with Gasteiger partial charge in [-0.05, 0) is 132 Å². The second-order valence-electron chi connectivity index (χ2n) is 19.8. The smallest absolute Gasteiger partial charge is 0.319 e. The normalized spacial score (nSPS) is 12.1. The zero-order chi connectivity index (χ0) is 52.8. The molecule has 2 heterocycles. The number of hydrogen-bond acceptors (Lipinski definition) is 0. The molecule has 0 N–H and O–H groups in total. The number of halogens is 6.